The molecule has 22 heavy (non-hydrogen) atoms. The van der Waals surface area contributed by atoms with E-state index in [9.17, 15) is 4.79 Å². The van der Waals surface area contributed by atoms with Gasteiger partial charge >= 0.3 is 6.03 Å². The van der Waals surface area contributed by atoms with Gasteiger partial charge in [-0.15, -0.1) is 0 Å². The summed E-state index contributed by atoms with van der Waals surface area (Å²) in [5, 5.41) is 3.03. The zero-order valence-electron chi connectivity index (χ0n) is 13.8. The number of hydrogen-bond acceptors (Lipinski definition) is 3. The Hall–Kier alpha value is -1.59. The second-order valence-corrected chi connectivity index (χ2v) is 5.72. The number of aryl methyl sites for hydroxylation is 1. The summed E-state index contributed by atoms with van der Waals surface area (Å²) in [4.78, 5) is 16.6. The van der Waals surface area contributed by atoms with E-state index in [1.165, 1.54) is 0 Å². The molecule has 0 aliphatic carbocycles. The van der Waals surface area contributed by atoms with Crippen LogP contribution < -0.4 is 10.2 Å². The SMILES string of the molecule is CCN(C(=O)NCCN1CCOCC1C)c1ccccc1C. The molecule has 2 amide bonds. The van der Waals surface area contributed by atoms with E-state index in [0.29, 0.717) is 19.1 Å². The lowest BCUT2D eigenvalue weighted by Crippen LogP contribution is -2.48. The van der Waals surface area contributed by atoms with Crippen molar-refractivity contribution in [1.29, 1.82) is 0 Å². The third-order valence-electron chi connectivity index (χ3n) is 4.15. The molecule has 0 radical (unpaired) electrons. The standard InChI is InChI=1S/C17H27N3O2/c1-4-20(16-8-6-5-7-14(16)2)17(21)18-9-10-19-11-12-22-13-15(19)3/h5-8,15H,4,9-13H2,1-3H3,(H,18,21). The summed E-state index contributed by atoms with van der Waals surface area (Å²) in [5.74, 6) is 0. The number of amides is 2. The predicted octanol–water partition coefficient (Wildman–Crippen LogP) is 2.25. The molecule has 1 N–H and O–H groups in total. The number of nitrogens with zero attached hydrogens (tertiary/aromatic N) is 2. The number of para-hydroxylation sites is 1. The van der Waals surface area contributed by atoms with E-state index in [1.807, 2.05) is 38.1 Å². The topological polar surface area (TPSA) is 44.8 Å². The number of rotatable bonds is 5. The van der Waals surface area contributed by atoms with E-state index in [-0.39, 0.29) is 6.03 Å². The van der Waals surface area contributed by atoms with Crippen molar-refractivity contribution in [2.24, 2.45) is 0 Å². The fourth-order valence-electron chi connectivity index (χ4n) is 2.79. The Balaban J connectivity index is 1.86. The summed E-state index contributed by atoms with van der Waals surface area (Å²) < 4.78 is 5.43. The van der Waals surface area contributed by atoms with Crippen LogP contribution in [0.4, 0.5) is 10.5 Å². The summed E-state index contributed by atoms with van der Waals surface area (Å²) in [5.41, 5.74) is 2.09. The summed E-state index contributed by atoms with van der Waals surface area (Å²) in [7, 11) is 0. The third-order valence-corrected chi connectivity index (χ3v) is 4.15. The summed E-state index contributed by atoms with van der Waals surface area (Å²) >= 11 is 0. The monoisotopic (exact) mass is 305 g/mol. The van der Waals surface area contributed by atoms with Crippen molar-refractivity contribution in [3.05, 3.63) is 29.8 Å². The Labute approximate surface area is 133 Å². The molecular weight excluding hydrogens is 278 g/mol. The van der Waals surface area contributed by atoms with Gasteiger partial charge in [-0.05, 0) is 32.4 Å². The normalized spacial score (nSPS) is 19.0. The number of hydrogen-bond donors (Lipinski definition) is 1. The maximum Gasteiger partial charge on any atom is 0.321 e. The molecule has 1 aromatic rings. The van der Waals surface area contributed by atoms with Gasteiger partial charge in [0.15, 0.2) is 0 Å². The molecule has 0 bridgehead atoms. The molecule has 0 aromatic heterocycles. The van der Waals surface area contributed by atoms with E-state index >= 15 is 0 Å². The maximum absolute atomic E-state index is 12.4. The second-order valence-electron chi connectivity index (χ2n) is 5.72. The van der Waals surface area contributed by atoms with Crippen LogP contribution in [-0.2, 0) is 4.74 Å². The molecule has 122 valence electrons. The number of benzene rings is 1. The summed E-state index contributed by atoms with van der Waals surface area (Å²) in [6.07, 6.45) is 0. The number of carbonyl (C=O) groups excluding carboxylic acids is 1. The van der Waals surface area contributed by atoms with Crippen LogP contribution in [-0.4, -0.2) is 56.4 Å². The lowest BCUT2D eigenvalue weighted by Gasteiger charge is -2.33. The molecule has 2 rings (SSSR count). The highest BCUT2D eigenvalue weighted by atomic mass is 16.5. The number of nitrogens with one attached hydrogen (secondary N) is 1. The fourth-order valence-corrected chi connectivity index (χ4v) is 2.79. The molecule has 1 aliphatic heterocycles. The van der Waals surface area contributed by atoms with Gasteiger partial charge in [-0.1, -0.05) is 18.2 Å². The van der Waals surface area contributed by atoms with Gasteiger partial charge in [-0.25, -0.2) is 4.79 Å². The Morgan fingerprint density at radius 3 is 2.91 bits per heavy atom. The van der Waals surface area contributed by atoms with Crippen molar-refractivity contribution < 1.29 is 9.53 Å². The summed E-state index contributed by atoms with van der Waals surface area (Å²) in [6, 6.07) is 8.36. The first-order valence-corrected chi connectivity index (χ1v) is 8.06. The van der Waals surface area contributed by atoms with Crippen LogP contribution in [0.5, 0.6) is 0 Å². The molecule has 1 unspecified atom stereocenters. The molecular formula is C17H27N3O2. The Kier molecular flexibility index (Phi) is 6.21. The molecule has 0 saturated carbocycles. The molecule has 1 aliphatic rings. The van der Waals surface area contributed by atoms with Gasteiger partial charge in [-0.2, -0.15) is 0 Å². The van der Waals surface area contributed by atoms with Crippen molar-refractivity contribution in [2.45, 2.75) is 26.8 Å². The Morgan fingerprint density at radius 1 is 1.45 bits per heavy atom. The highest BCUT2D eigenvalue weighted by molar-refractivity contribution is 5.92. The van der Waals surface area contributed by atoms with Gasteiger partial charge in [0.1, 0.15) is 0 Å². The fraction of sp³-hybridized carbons (Fsp3) is 0.588. The molecule has 1 atom stereocenters. The van der Waals surface area contributed by atoms with E-state index in [4.69, 9.17) is 4.74 Å². The number of urea groups is 1. The van der Waals surface area contributed by atoms with Crippen LogP contribution >= 0.6 is 0 Å². The lowest BCUT2D eigenvalue weighted by molar-refractivity contribution is 0.000755. The van der Waals surface area contributed by atoms with Crippen molar-refractivity contribution in [3.8, 4) is 0 Å². The zero-order chi connectivity index (χ0) is 15.9. The number of ether oxygens (including phenoxy) is 1. The number of morpholine rings is 1. The van der Waals surface area contributed by atoms with Gasteiger partial charge in [-0.3, -0.25) is 9.80 Å². The van der Waals surface area contributed by atoms with Crippen LogP contribution in [0.1, 0.15) is 19.4 Å². The number of carbonyl (C=O) groups is 1. The zero-order valence-corrected chi connectivity index (χ0v) is 13.8. The van der Waals surface area contributed by atoms with Gasteiger partial charge in [0.25, 0.3) is 0 Å². The van der Waals surface area contributed by atoms with Crippen LogP contribution in [0.3, 0.4) is 0 Å². The Morgan fingerprint density at radius 2 is 2.23 bits per heavy atom. The first-order valence-electron chi connectivity index (χ1n) is 8.06. The minimum Gasteiger partial charge on any atom is -0.379 e. The maximum atomic E-state index is 12.4. The van der Waals surface area contributed by atoms with E-state index < -0.39 is 0 Å². The quantitative estimate of drug-likeness (QED) is 0.907. The molecule has 0 spiro atoms. The highest BCUT2D eigenvalue weighted by Crippen LogP contribution is 2.19. The van der Waals surface area contributed by atoms with Gasteiger partial charge in [0.05, 0.1) is 13.2 Å². The minimum atomic E-state index is -0.0299. The molecule has 5 heteroatoms. The van der Waals surface area contributed by atoms with Crippen LogP contribution in [0.25, 0.3) is 0 Å². The second kappa shape index (κ2) is 8.15. The largest absolute Gasteiger partial charge is 0.379 e. The average molecular weight is 305 g/mol. The van der Waals surface area contributed by atoms with Gasteiger partial charge in [0.2, 0.25) is 0 Å². The minimum absolute atomic E-state index is 0.0299. The average Bonchev–Trinajstić information content (AvgIpc) is 2.52. The number of anilines is 1. The molecule has 1 heterocycles. The first kappa shape index (κ1) is 16.8. The van der Waals surface area contributed by atoms with Crippen molar-refractivity contribution in [3.63, 3.8) is 0 Å². The van der Waals surface area contributed by atoms with E-state index in [0.717, 1.165) is 37.6 Å². The molecule has 1 saturated heterocycles. The van der Waals surface area contributed by atoms with E-state index in [2.05, 4.69) is 17.1 Å². The Bertz CT molecular complexity index is 493. The van der Waals surface area contributed by atoms with Crippen molar-refractivity contribution in [1.82, 2.24) is 10.2 Å². The highest BCUT2D eigenvalue weighted by Gasteiger charge is 2.19. The third kappa shape index (κ3) is 4.21. The lowest BCUT2D eigenvalue weighted by atomic mass is 10.2. The molecule has 5 nitrogen and oxygen atoms in total. The van der Waals surface area contributed by atoms with Crippen molar-refractivity contribution >= 4 is 11.7 Å². The van der Waals surface area contributed by atoms with Gasteiger partial charge < -0.3 is 10.1 Å². The molecule has 1 fully saturated rings. The summed E-state index contributed by atoms with van der Waals surface area (Å²) in [6.45, 7) is 10.9. The van der Waals surface area contributed by atoms with Crippen molar-refractivity contribution in [2.75, 3.05) is 44.3 Å². The van der Waals surface area contributed by atoms with Crippen LogP contribution in [0, 0.1) is 6.92 Å². The van der Waals surface area contributed by atoms with Gasteiger partial charge in [0, 0.05) is 37.9 Å². The van der Waals surface area contributed by atoms with Crippen LogP contribution in [0.15, 0.2) is 24.3 Å². The predicted molar refractivity (Wildman–Crippen MR) is 89.5 cm³/mol. The van der Waals surface area contributed by atoms with Crippen LogP contribution in [0.2, 0.25) is 0 Å². The smallest absolute Gasteiger partial charge is 0.321 e. The molecule has 1 aromatic carbocycles. The van der Waals surface area contributed by atoms with E-state index in [1.54, 1.807) is 4.90 Å². The first-order chi connectivity index (χ1) is 10.6.